The molecule has 0 heterocycles. The minimum atomic E-state index is -0.667. The molecular formula is C6H14N2O. The van der Waals surface area contributed by atoms with Crippen molar-refractivity contribution in [2.75, 3.05) is 6.54 Å². The molecule has 0 aliphatic rings. The van der Waals surface area contributed by atoms with Gasteiger partial charge in [0.2, 0.25) is 0 Å². The number of hydrogen-bond donors (Lipinski definition) is 2. The van der Waals surface area contributed by atoms with Crippen LogP contribution in [0.4, 0.5) is 0 Å². The summed E-state index contributed by atoms with van der Waals surface area (Å²) in [6.07, 6.45) is 2.25. The number of carbonyl (C=O) groups excluding carboxylic acids is 1. The van der Waals surface area contributed by atoms with Crippen molar-refractivity contribution in [1.29, 1.82) is 0 Å². The molecule has 54 valence electrons. The first-order valence-electron chi connectivity index (χ1n) is 3.07. The molecule has 0 aliphatic carbocycles. The fourth-order valence-corrected chi connectivity index (χ4v) is 0.542. The summed E-state index contributed by atoms with van der Waals surface area (Å²) in [5.74, 6) is 0. The molecule has 3 nitrogen and oxygen atoms in total. The van der Waals surface area contributed by atoms with E-state index in [0.29, 0.717) is 13.0 Å². The number of aldehydes is 1. The van der Waals surface area contributed by atoms with E-state index in [1.807, 2.05) is 0 Å². The number of carbonyl (C=O) groups is 1. The lowest BCUT2D eigenvalue weighted by atomic mass is 10.00. The Balaban J connectivity index is 3.45. The second kappa shape index (κ2) is 3.58. The maximum atomic E-state index is 10.2. The Hall–Kier alpha value is -0.410. The molecule has 4 N–H and O–H groups in total. The van der Waals surface area contributed by atoms with Gasteiger partial charge in [-0.2, -0.15) is 0 Å². The number of rotatable bonds is 4. The van der Waals surface area contributed by atoms with Gasteiger partial charge in [0.25, 0.3) is 0 Å². The predicted molar refractivity (Wildman–Crippen MR) is 36.9 cm³/mol. The smallest absolute Gasteiger partial charge is 0.139 e. The third-order valence-electron chi connectivity index (χ3n) is 1.19. The monoisotopic (exact) mass is 130 g/mol. The van der Waals surface area contributed by atoms with Crippen LogP contribution in [0.2, 0.25) is 0 Å². The third-order valence-corrected chi connectivity index (χ3v) is 1.19. The molecular weight excluding hydrogens is 116 g/mol. The van der Waals surface area contributed by atoms with E-state index in [0.717, 1.165) is 12.7 Å². The van der Waals surface area contributed by atoms with E-state index in [-0.39, 0.29) is 0 Å². The number of nitrogens with two attached hydrogens (primary N) is 2. The topological polar surface area (TPSA) is 69.1 Å². The Morgan fingerprint density at radius 1 is 1.67 bits per heavy atom. The summed E-state index contributed by atoms with van der Waals surface area (Å²) in [5, 5.41) is 0. The van der Waals surface area contributed by atoms with Gasteiger partial charge in [-0.25, -0.2) is 0 Å². The van der Waals surface area contributed by atoms with Gasteiger partial charge in [-0.05, 0) is 26.3 Å². The van der Waals surface area contributed by atoms with Crippen LogP contribution >= 0.6 is 0 Å². The molecule has 0 amide bonds. The van der Waals surface area contributed by atoms with Crippen molar-refractivity contribution < 1.29 is 4.79 Å². The average Bonchev–Trinajstić information content (AvgIpc) is 1.84. The average molecular weight is 130 g/mol. The highest BCUT2D eigenvalue weighted by Crippen LogP contribution is 2.02. The van der Waals surface area contributed by atoms with E-state index in [1.54, 1.807) is 6.92 Å². The van der Waals surface area contributed by atoms with Gasteiger partial charge in [-0.1, -0.05) is 0 Å². The predicted octanol–water partition coefficient (Wildman–Crippen LogP) is -0.358. The van der Waals surface area contributed by atoms with Gasteiger partial charge in [0.15, 0.2) is 0 Å². The molecule has 3 heteroatoms. The summed E-state index contributed by atoms with van der Waals surface area (Å²) in [7, 11) is 0. The van der Waals surface area contributed by atoms with Gasteiger partial charge in [0.1, 0.15) is 6.29 Å². The van der Waals surface area contributed by atoms with E-state index in [2.05, 4.69) is 0 Å². The summed E-state index contributed by atoms with van der Waals surface area (Å²) < 4.78 is 0. The fraction of sp³-hybridized carbons (Fsp3) is 0.833. The van der Waals surface area contributed by atoms with Crippen LogP contribution in [0.1, 0.15) is 19.8 Å². The van der Waals surface area contributed by atoms with Crippen LogP contribution in [0.3, 0.4) is 0 Å². The summed E-state index contributed by atoms with van der Waals surface area (Å²) in [4.78, 5) is 10.2. The van der Waals surface area contributed by atoms with E-state index in [1.165, 1.54) is 0 Å². The second-order valence-corrected chi connectivity index (χ2v) is 2.52. The Morgan fingerprint density at radius 3 is 2.56 bits per heavy atom. The van der Waals surface area contributed by atoms with E-state index < -0.39 is 5.54 Å². The minimum Gasteiger partial charge on any atom is -0.330 e. The van der Waals surface area contributed by atoms with Crippen LogP contribution in [0.25, 0.3) is 0 Å². The lowest BCUT2D eigenvalue weighted by Crippen LogP contribution is -2.38. The van der Waals surface area contributed by atoms with E-state index >= 15 is 0 Å². The van der Waals surface area contributed by atoms with Crippen molar-refractivity contribution in [2.24, 2.45) is 11.5 Å². The Morgan fingerprint density at radius 2 is 2.22 bits per heavy atom. The maximum absolute atomic E-state index is 10.2. The highest BCUT2D eigenvalue weighted by molar-refractivity contribution is 5.62. The van der Waals surface area contributed by atoms with E-state index in [4.69, 9.17) is 11.5 Å². The molecule has 0 aromatic carbocycles. The molecule has 0 fully saturated rings. The maximum Gasteiger partial charge on any atom is 0.139 e. The van der Waals surface area contributed by atoms with Crippen LogP contribution in [-0.4, -0.2) is 18.4 Å². The van der Waals surface area contributed by atoms with Gasteiger partial charge in [-0.3, -0.25) is 0 Å². The third kappa shape index (κ3) is 4.12. The molecule has 1 unspecified atom stereocenters. The van der Waals surface area contributed by atoms with Gasteiger partial charge in [-0.15, -0.1) is 0 Å². The SMILES string of the molecule is CC(N)(C=O)CCCN. The van der Waals surface area contributed by atoms with Crippen molar-refractivity contribution >= 4 is 6.29 Å². The zero-order valence-electron chi connectivity index (χ0n) is 5.76. The largest absolute Gasteiger partial charge is 0.330 e. The summed E-state index contributed by atoms with van der Waals surface area (Å²) in [6, 6.07) is 0. The van der Waals surface area contributed by atoms with Crippen LogP contribution in [0.15, 0.2) is 0 Å². The molecule has 0 spiro atoms. The second-order valence-electron chi connectivity index (χ2n) is 2.52. The van der Waals surface area contributed by atoms with Gasteiger partial charge < -0.3 is 16.3 Å². The van der Waals surface area contributed by atoms with Crippen molar-refractivity contribution in [3.63, 3.8) is 0 Å². The zero-order chi connectivity index (χ0) is 7.33. The summed E-state index contributed by atoms with van der Waals surface area (Å²) in [6.45, 7) is 2.30. The van der Waals surface area contributed by atoms with Crippen LogP contribution in [0.5, 0.6) is 0 Å². The normalized spacial score (nSPS) is 16.8. The molecule has 0 aromatic rings. The fourth-order valence-electron chi connectivity index (χ4n) is 0.542. The van der Waals surface area contributed by atoms with Crippen molar-refractivity contribution in [3.8, 4) is 0 Å². The highest BCUT2D eigenvalue weighted by Gasteiger charge is 2.14. The first kappa shape index (κ1) is 8.59. The Labute approximate surface area is 55.4 Å². The van der Waals surface area contributed by atoms with E-state index in [9.17, 15) is 4.79 Å². The number of hydrogen-bond acceptors (Lipinski definition) is 3. The Kier molecular flexibility index (Phi) is 3.42. The Bertz CT molecular complexity index is 91.1. The van der Waals surface area contributed by atoms with Crippen molar-refractivity contribution in [1.82, 2.24) is 0 Å². The summed E-state index contributed by atoms with van der Waals surface area (Å²) in [5.41, 5.74) is 10.0. The molecule has 0 rings (SSSR count). The molecule has 0 aromatic heterocycles. The van der Waals surface area contributed by atoms with Crippen LogP contribution in [0, 0.1) is 0 Å². The van der Waals surface area contributed by atoms with Crippen molar-refractivity contribution in [2.45, 2.75) is 25.3 Å². The standard InChI is InChI=1S/C6H14N2O/c1-6(8,5-9)3-2-4-7/h5H,2-4,7-8H2,1H3. The van der Waals surface area contributed by atoms with Gasteiger partial charge in [0.05, 0.1) is 5.54 Å². The first-order valence-corrected chi connectivity index (χ1v) is 3.07. The minimum absolute atomic E-state index is 0.598. The van der Waals surface area contributed by atoms with Crippen LogP contribution in [-0.2, 0) is 4.79 Å². The first-order chi connectivity index (χ1) is 4.12. The molecule has 9 heavy (non-hydrogen) atoms. The van der Waals surface area contributed by atoms with Crippen molar-refractivity contribution in [3.05, 3.63) is 0 Å². The lowest BCUT2D eigenvalue weighted by Gasteiger charge is -2.14. The molecule has 0 saturated carbocycles. The highest BCUT2D eigenvalue weighted by atomic mass is 16.1. The van der Waals surface area contributed by atoms with Crippen LogP contribution < -0.4 is 11.5 Å². The summed E-state index contributed by atoms with van der Waals surface area (Å²) >= 11 is 0. The molecule has 0 saturated heterocycles. The molecule has 0 aliphatic heterocycles. The van der Waals surface area contributed by atoms with Gasteiger partial charge >= 0.3 is 0 Å². The quantitative estimate of drug-likeness (QED) is 0.511. The lowest BCUT2D eigenvalue weighted by molar-refractivity contribution is -0.111. The molecule has 1 atom stereocenters. The molecule has 0 radical (unpaired) electrons. The molecule has 0 bridgehead atoms. The zero-order valence-corrected chi connectivity index (χ0v) is 5.76. The van der Waals surface area contributed by atoms with Gasteiger partial charge in [0, 0.05) is 0 Å².